The number of hydrogen-bond donors (Lipinski definition) is 1. The van der Waals surface area contributed by atoms with Crippen LogP contribution in [0.5, 0.6) is 0 Å². The van der Waals surface area contributed by atoms with E-state index in [1.165, 1.54) is 17.9 Å². The lowest BCUT2D eigenvalue weighted by atomic mass is 10.0. The average molecular weight is 145 g/mol. The van der Waals surface area contributed by atoms with Crippen molar-refractivity contribution in [3.05, 3.63) is 0 Å². The molecule has 0 rings (SSSR count). The van der Waals surface area contributed by atoms with Crippen molar-refractivity contribution in [1.29, 1.82) is 0 Å². The molecule has 0 heterocycles. The number of hydrogen-bond acceptors (Lipinski definition) is 2. The molecule has 0 aliphatic rings. The molecule has 62 valence electrons. The largest absolute Gasteiger partial charge is 0.314 e. The van der Waals surface area contributed by atoms with Crippen molar-refractivity contribution in [2.24, 2.45) is 5.92 Å². The zero-order valence-corrected chi connectivity index (χ0v) is 7.30. The van der Waals surface area contributed by atoms with Crippen molar-refractivity contribution >= 4 is 0 Å². The molecule has 1 atom stereocenters. The van der Waals surface area contributed by atoms with Gasteiger partial charge in [0.2, 0.25) is 0 Å². The van der Waals surface area contributed by atoms with Crippen LogP contribution in [0.3, 0.4) is 0 Å². The first-order chi connectivity index (χ1) is 4.66. The average Bonchev–Trinajstić information content (AvgIpc) is 1.85. The van der Waals surface area contributed by atoms with Crippen LogP contribution in [0, 0.1) is 5.92 Å². The van der Waals surface area contributed by atoms with Gasteiger partial charge in [0.05, 0.1) is 0 Å². The fourth-order valence-corrected chi connectivity index (χ4v) is 1.04. The third-order valence-electron chi connectivity index (χ3n) is 1.73. The van der Waals surface area contributed by atoms with E-state index in [0.717, 1.165) is 18.9 Å². The molecule has 0 saturated heterocycles. The molecule has 0 aliphatic heterocycles. The number of nitrogens with zero attached hydrogens (tertiary/aromatic N) is 1. The Kier molecular flexibility index (Phi) is 5.64. The molecule has 0 amide bonds. The van der Waals surface area contributed by atoms with E-state index in [1.54, 1.807) is 7.05 Å². The lowest BCUT2D eigenvalue weighted by Gasteiger charge is -2.12. The van der Waals surface area contributed by atoms with Crippen molar-refractivity contribution in [2.45, 2.75) is 33.1 Å². The van der Waals surface area contributed by atoms with E-state index in [0.29, 0.717) is 0 Å². The summed E-state index contributed by atoms with van der Waals surface area (Å²) in [6.07, 6.45) is 3.62. The molecule has 1 unspecified atom stereocenters. The smallest absolute Gasteiger partial charge is 0.0237 e. The van der Waals surface area contributed by atoms with E-state index in [1.807, 2.05) is 0 Å². The Morgan fingerprint density at radius 1 is 1.40 bits per heavy atom. The fourth-order valence-electron chi connectivity index (χ4n) is 1.04. The SMILES string of the molecule is CCCC(C)CCN(C)O. The lowest BCUT2D eigenvalue weighted by molar-refractivity contribution is -0.0678. The fraction of sp³-hybridized carbons (Fsp3) is 1.00. The van der Waals surface area contributed by atoms with Crippen molar-refractivity contribution in [3.63, 3.8) is 0 Å². The molecule has 2 heteroatoms. The van der Waals surface area contributed by atoms with Crippen LogP contribution in [0.1, 0.15) is 33.1 Å². The third kappa shape index (κ3) is 6.05. The first kappa shape index (κ1) is 9.92. The maximum atomic E-state index is 8.80. The lowest BCUT2D eigenvalue weighted by Crippen LogP contribution is -2.16. The van der Waals surface area contributed by atoms with Gasteiger partial charge in [0.1, 0.15) is 0 Å². The predicted octanol–water partition coefficient (Wildman–Crippen LogP) is 2.13. The summed E-state index contributed by atoms with van der Waals surface area (Å²) >= 11 is 0. The summed E-state index contributed by atoms with van der Waals surface area (Å²) in [6, 6.07) is 0. The minimum Gasteiger partial charge on any atom is -0.314 e. The highest BCUT2D eigenvalue weighted by atomic mass is 16.5. The molecule has 0 aromatic carbocycles. The third-order valence-corrected chi connectivity index (χ3v) is 1.73. The van der Waals surface area contributed by atoms with Gasteiger partial charge in [0, 0.05) is 13.6 Å². The van der Waals surface area contributed by atoms with Crippen molar-refractivity contribution in [3.8, 4) is 0 Å². The van der Waals surface area contributed by atoms with E-state index < -0.39 is 0 Å². The first-order valence-electron chi connectivity index (χ1n) is 4.06. The Labute approximate surface area is 63.8 Å². The molecule has 0 spiro atoms. The monoisotopic (exact) mass is 145 g/mol. The van der Waals surface area contributed by atoms with Gasteiger partial charge >= 0.3 is 0 Å². The van der Waals surface area contributed by atoms with Gasteiger partial charge in [-0.05, 0) is 12.3 Å². The molecule has 0 radical (unpaired) electrons. The Morgan fingerprint density at radius 2 is 2.00 bits per heavy atom. The molecule has 0 aliphatic carbocycles. The van der Waals surface area contributed by atoms with Gasteiger partial charge in [-0.25, -0.2) is 0 Å². The van der Waals surface area contributed by atoms with Gasteiger partial charge in [-0.15, -0.1) is 0 Å². The van der Waals surface area contributed by atoms with Gasteiger partial charge in [-0.3, -0.25) is 0 Å². The molecular formula is C8H19NO. The second-order valence-electron chi connectivity index (χ2n) is 3.06. The molecule has 1 N–H and O–H groups in total. The number of hydroxylamine groups is 2. The standard InChI is InChI=1S/C8H19NO/c1-4-5-8(2)6-7-9(3)10/h8,10H,4-7H2,1-3H3. The summed E-state index contributed by atoms with van der Waals surface area (Å²) in [5, 5.41) is 10.1. The molecular weight excluding hydrogens is 126 g/mol. The summed E-state index contributed by atoms with van der Waals surface area (Å²) in [4.78, 5) is 0. The van der Waals surface area contributed by atoms with Crippen LogP contribution in [0.15, 0.2) is 0 Å². The van der Waals surface area contributed by atoms with E-state index in [9.17, 15) is 0 Å². The van der Waals surface area contributed by atoms with Crippen LogP contribution >= 0.6 is 0 Å². The van der Waals surface area contributed by atoms with Gasteiger partial charge in [0.25, 0.3) is 0 Å². The Morgan fingerprint density at radius 3 is 2.40 bits per heavy atom. The molecule has 0 aromatic rings. The highest BCUT2D eigenvalue weighted by Crippen LogP contribution is 2.09. The zero-order chi connectivity index (χ0) is 7.98. The molecule has 2 nitrogen and oxygen atoms in total. The van der Waals surface area contributed by atoms with Gasteiger partial charge in [-0.1, -0.05) is 26.7 Å². The van der Waals surface area contributed by atoms with Crippen LogP contribution in [0.25, 0.3) is 0 Å². The van der Waals surface area contributed by atoms with Crippen LogP contribution in [0.2, 0.25) is 0 Å². The quantitative estimate of drug-likeness (QED) is 0.599. The van der Waals surface area contributed by atoms with E-state index in [-0.39, 0.29) is 0 Å². The molecule has 0 fully saturated rings. The minimum absolute atomic E-state index is 0.750. The molecule has 0 bridgehead atoms. The summed E-state index contributed by atoms with van der Waals surface area (Å²) < 4.78 is 0. The molecule has 10 heavy (non-hydrogen) atoms. The molecule has 0 aromatic heterocycles. The van der Waals surface area contributed by atoms with Crippen LogP contribution in [0.4, 0.5) is 0 Å². The minimum atomic E-state index is 0.750. The number of rotatable bonds is 5. The first-order valence-corrected chi connectivity index (χ1v) is 4.06. The summed E-state index contributed by atoms with van der Waals surface area (Å²) in [6.45, 7) is 5.22. The van der Waals surface area contributed by atoms with Crippen molar-refractivity contribution in [2.75, 3.05) is 13.6 Å². The normalized spacial score (nSPS) is 14.1. The van der Waals surface area contributed by atoms with Gasteiger partial charge < -0.3 is 5.21 Å². The Hall–Kier alpha value is -0.0800. The maximum absolute atomic E-state index is 8.80. The summed E-state index contributed by atoms with van der Waals surface area (Å²) in [5.74, 6) is 0.750. The highest BCUT2D eigenvalue weighted by Gasteiger charge is 2.00. The topological polar surface area (TPSA) is 23.5 Å². The predicted molar refractivity (Wildman–Crippen MR) is 43.1 cm³/mol. The zero-order valence-electron chi connectivity index (χ0n) is 7.30. The Balaban J connectivity index is 3.12. The summed E-state index contributed by atoms with van der Waals surface area (Å²) in [7, 11) is 1.69. The maximum Gasteiger partial charge on any atom is 0.0237 e. The van der Waals surface area contributed by atoms with E-state index >= 15 is 0 Å². The van der Waals surface area contributed by atoms with E-state index in [4.69, 9.17) is 5.21 Å². The van der Waals surface area contributed by atoms with Crippen molar-refractivity contribution in [1.82, 2.24) is 5.06 Å². The van der Waals surface area contributed by atoms with Gasteiger partial charge in [0.15, 0.2) is 0 Å². The van der Waals surface area contributed by atoms with Crippen LogP contribution < -0.4 is 0 Å². The van der Waals surface area contributed by atoms with Crippen LogP contribution in [-0.2, 0) is 0 Å². The van der Waals surface area contributed by atoms with Crippen molar-refractivity contribution < 1.29 is 5.21 Å². The summed E-state index contributed by atoms with van der Waals surface area (Å²) in [5.41, 5.74) is 0. The van der Waals surface area contributed by atoms with Gasteiger partial charge in [-0.2, -0.15) is 5.06 Å². The van der Waals surface area contributed by atoms with E-state index in [2.05, 4.69) is 13.8 Å². The second kappa shape index (κ2) is 5.69. The van der Waals surface area contributed by atoms with Crippen LogP contribution in [-0.4, -0.2) is 23.9 Å². The second-order valence-corrected chi connectivity index (χ2v) is 3.06. The molecule has 0 saturated carbocycles. The highest BCUT2D eigenvalue weighted by molar-refractivity contribution is 4.52. The Bertz CT molecular complexity index is 73.7.